The monoisotopic (exact) mass is 305 g/mol. The van der Waals surface area contributed by atoms with E-state index in [1.54, 1.807) is 6.20 Å². The first-order chi connectivity index (χ1) is 8.84. The lowest BCUT2D eigenvalue weighted by Gasteiger charge is -2.28. The highest BCUT2D eigenvalue weighted by Gasteiger charge is 2.10. The first kappa shape index (κ1) is 11.8. The number of benzene rings is 1. The average molecular weight is 306 g/mol. The Labute approximate surface area is 116 Å². The van der Waals surface area contributed by atoms with Crippen molar-refractivity contribution in [2.45, 2.75) is 19.3 Å². The first-order valence-corrected chi connectivity index (χ1v) is 7.18. The lowest BCUT2D eigenvalue weighted by Crippen LogP contribution is -2.29. The van der Waals surface area contributed by atoms with Gasteiger partial charge in [-0.3, -0.25) is 4.57 Å². The van der Waals surface area contributed by atoms with Crippen LogP contribution in [0.15, 0.2) is 41.4 Å². The molecule has 2 heterocycles. The molecule has 0 bridgehead atoms. The Morgan fingerprint density at radius 2 is 1.61 bits per heavy atom. The molecule has 0 aliphatic carbocycles. The number of imidazole rings is 1. The van der Waals surface area contributed by atoms with E-state index in [4.69, 9.17) is 0 Å². The molecule has 4 heteroatoms. The van der Waals surface area contributed by atoms with Crippen molar-refractivity contribution in [3.05, 3.63) is 41.4 Å². The Morgan fingerprint density at radius 1 is 0.944 bits per heavy atom. The van der Waals surface area contributed by atoms with E-state index in [2.05, 4.69) is 50.1 Å². The van der Waals surface area contributed by atoms with Crippen molar-refractivity contribution in [3.63, 3.8) is 0 Å². The second-order valence-corrected chi connectivity index (χ2v) is 5.34. The van der Waals surface area contributed by atoms with Gasteiger partial charge in [0.05, 0.1) is 0 Å². The minimum absolute atomic E-state index is 0.841. The largest absolute Gasteiger partial charge is 0.372 e. The van der Waals surface area contributed by atoms with Crippen LogP contribution < -0.4 is 4.90 Å². The van der Waals surface area contributed by atoms with Crippen molar-refractivity contribution in [2.75, 3.05) is 18.0 Å². The maximum atomic E-state index is 4.17. The highest BCUT2D eigenvalue weighted by Crippen LogP contribution is 2.22. The van der Waals surface area contributed by atoms with Crippen molar-refractivity contribution in [1.82, 2.24) is 9.55 Å². The van der Waals surface area contributed by atoms with E-state index in [9.17, 15) is 0 Å². The molecule has 1 saturated heterocycles. The summed E-state index contributed by atoms with van der Waals surface area (Å²) < 4.78 is 2.87. The van der Waals surface area contributed by atoms with Crippen molar-refractivity contribution < 1.29 is 0 Å². The number of nitrogens with zero attached hydrogens (tertiary/aromatic N) is 3. The van der Waals surface area contributed by atoms with Gasteiger partial charge in [-0.1, -0.05) is 0 Å². The second-order valence-electron chi connectivity index (χ2n) is 4.63. The molecule has 0 amide bonds. The van der Waals surface area contributed by atoms with Gasteiger partial charge in [0.25, 0.3) is 0 Å². The zero-order chi connectivity index (χ0) is 12.4. The van der Waals surface area contributed by atoms with E-state index < -0.39 is 0 Å². The fourth-order valence-corrected chi connectivity index (χ4v) is 2.90. The van der Waals surface area contributed by atoms with Gasteiger partial charge in [0.1, 0.15) is 0 Å². The predicted molar refractivity (Wildman–Crippen MR) is 77.3 cm³/mol. The Kier molecular flexibility index (Phi) is 3.37. The summed E-state index contributed by atoms with van der Waals surface area (Å²) >= 11 is 3.44. The predicted octanol–water partition coefficient (Wildman–Crippen LogP) is 3.63. The third kappa shape index (κ3) is 2.29. The van der Waals surface area contributed by atoms with Crippen LogP contribution >= 0.6 is 15.9 Å². The van der Waals surface area contributed by atoms with E-state index in [-0.39, 0.29) is 0 Å². The Balaban J connectivity index is 1.82. The van der Waals surface area contributed by atoms with Gasteiger partial charge in [0.15, 0.2) is 4.73 Å². The van der Waals surface area contributed by atoms with Crippen LogP contribution in [0.25, 0.3) is 5.69 Å². The van der Waals surface area contributed by atoms with Crippen LogP contribution in [-0.2, 0) is 0 Å². The van der Waals surface area contributed by atoms with Crippen LogP contribution in [0.3, 0.4) is 0 Å². The minimum Gasteiger partial charge on any atom is -0.372 e. The van der Waals surface area contributed by atoms with Crippen molar-refractivity contribution in [1.29, 1.82) is 0 Å². The number of aromatic nitrogens is 2. The summed E-state index contributed by atoms with van der Waals surface area (Å²) in [4.78, 5) is 6.64. The Morgan fingerprint density at radius 3 is 2.22 bits per heavy atom. The number of anilines is 1. The quantitative estimate of drug-likeness (QED) is 0.845. The highest BCUT2D eigenvalue weighted by atomic mass is 79.9. The molecule has 0 unspecified atom stereocenters. The van der Waals surface area contributed by atoms with E-state index >= 15 is 0 Å². The minimum atomic E-state index is 0.841. The number of piperidine rings is 1. The molecule has 0 spiro atoms. The maximum Gasteiger partial charge on any atom is 0.181 e. The summed E-state index contributed by atoms with van der Waals surface area (Å²) in [6.07, 6.45) is 7.75. The van der Waals surface area contributed by atoms with E-state index in [0.717, 1.165) is 10.4 Å². The molecular weight excluding hydrogens is 290 g/mol. The molecule has 0 radical (unpaired) electrons. The molecule has 18 heavy (non-hydrogen) atoms. The highest BCUT2D eigenvalue weighted by molar-refractivity contribution is 9.10. The summed E-state index contributed by atoms with van der Waals surface area (Å²) in [7, 11) is 0. The van der Waals surface area contributed by atoms with E-state index in [1.807, 2.05) is 10.8 Å². The fraction of sp³-hybridized carbons (Fsp3) is 0.357. The van der Waals surface area contributed by atoms with Crippen LogP contribution in [0, 0.1) is 0 Å². The van der Waals surface area contributed by atoms with Gasteiger partial charge in [-0.15, -0.1) is 0 Å². The number of rotatable bonds is 2. The van der Waals surface area contributed by atoms with Gasteiger partial charge in [-0.25, -0.2) is 4.98 Å². The van der Waals surface area contributed by atoms with Gasteiger partial charge in [0, 0.05) is 36.9 Å². The van der Waals surface area contributed by atoms with Crippen molar-refractivity contribution >= 4 is 21.6 Å². The number of hydrogen-bond acceptors (Lipinski definition) is 2. The molecule has 0 saturated carbocycles. The first-order valence-electron chi connectivity index (χ1n) is 6.39. The molecule has 94 valence electrons. The zero-order valence-corrected chi connectivity index (χ0v) is 11.8. The molecule has 1 fully saturated rings. The summed E-state index contributed by atoms with van der Waals surface area (Å²) in [6.45, 7) is 2.38. The number of halogens is 1. The maximum absolute atomic E-state index is 4.17. The summed E-state index contributed by atoms with van der Waals surface area (Å²) in [5.41, 5.74) is 2.47. The van der Waals surface area contributed by atoms with E-state index in [0.29, 0.717) is 0 Å². The van der Waals surface area contributed by atoms with Crippen LogP contribution in [0.2, 0.25) is 0 Å². The lowest BCUT2D eigenvalue weighted by atomic mass is 10.1. The van der Waals surface area contributed by atoms with Crippen molar-refractivity contribution in [2.24, 2.45) is 0 Å². The van der Waals surface area contributed by atoms with Crippen molar-refractivity contribution in [3.8, 4) is 5.69 Å². The smallest absolute Gasteiger partial charge is 0.181 e. The molecule has 1 aliphatic heterocycles. The zero-order valence-electron chi connectivity index (χ0n) is 10.2. The van der Waals surface area contributed by atoms with Crippen LogP contribution in [0.1, 0.15) is 19.3 Å². The van der Waals surface area contributed by atoms with Gasteiger partial charge >= 0.3 is 0 Å². The van der Waals surface area contributed by atoms with Gasteiger partial charge < -0.3 is 4.90 Å². The molecular formula is C14H16BrN3. The molecule has 2 aromatic rings. The molecule has 3 rings (SSSR count). The normalized spacial score (nSPS) is 15.9. The summed E-state index contributed by atoms with van der Waals surface area (Å²) in [5.74, 6) is 0. The molecule has 3 nitrogen and oxygen atoms in total. The SMILES string of the molecule is Brc1nccn1-c1ccc(N2CCCCC2)cc1. The molecule has 1 aliphatic rings. The standard InChI is InChI=1S/C14H16BrN3/c15-14-16-8-11-18(14)13-6-4-12(5-7-13)17-9-2-1-3-10-17/h4-8,11H,1-3,9-10H2. The third-order valence-corrected chi connectivity index (χ3v) is 4.03. The lowest BCUT2D eigenvalue weighted by molar-refractivity contribution is 0.578. The summed E-state index contributed by atoms with van der Waals surface area (Å²) in [5, 5.41) is 0. The fourth-order valence-electron chi connectivity index (χ4n) is 2.45. The molecule has 0 N–H and O–H groups in total. The van der Waals surface area contributed by atoms with Gasteiger partial charge in [0.2, 0.25) is 0 Å². The Bertz CT molecular complexity index is 512. The number of hydrogen-bond donors (Lipinski definition) is 0. The van der Waals surface area contributed by atoms with Crippen LogP contribution in [-0.4, -0.2) is 22.6 Å². The van der Waals surface area contributed by atoms with E-state index in [1.165, 1.54) is 38.0 Å². The topological polar surface area (TPSA) is 21.1 Å². The molecule has 1 aromatic carbocycles. The van der Waals surface area contributed by atoms with Gasteiger partial charge in [-0.2, -0.15) is 0 Å². The van der Waals surface area contributed by atoms with Gasteiger partial charge in [-0.05, 0) is 59.5 Å². The molecule has 1 aromatic heterocycles. The third-order valence-electron chi connectivity index (χ3n) is 3.44. The van der Waals surface area contributed by atoms with Crippen LogP contribution in [0.5, 0.6) is 0 Å². The molecule has 0 atom stereocenters. The Hall–Kier alpha value is -1.29. The average Bonchev–Trinajstić information content (AvgIpc) is 2.86. The second kappa shape index (κ2) is 5.14. The van der Waals surface area contributed by atoms with Crippen LogP contribution in [0.4, 0.5) is 5.69 Å². The summed E-state index contributed by atoms with van der Waals surface area (Å²) in [6, 6.07) is 8.70.